The molecule has 1 saturated carbocycles. The fourth-order valence-electron chi connectivity index (χ4n) is 3.15. The van der Waals surface area contributed by atoms with Gasteiger partial charge < -0.3 is 5.32 Å². The van der Waals surface area contributed by atoms with Crippen molar-refractivity contribution in [2.45, 2.75) is 44.0 Å². The van der Waals surface area contributed by atoms with E-state index < -0.39 is 0 Å². The molecule has 0 aliphatic heterocycles. The molecule has 0 saturated heterocycles. The molecule has 4 atom stereocenters. The van der Waals surface area contributed by atoms with E-state index in [1.807, 2.05) is 11.8 Å². The summed E-state index contributed by atoms with van der Waals surface area (Å²) in [4.78, 5) is 1.35. The van der Waals surface area contributed by atoms with Crippen LogP contribution in [0.25, 0.3) is 0 Å². The lowest BCUT2D eigenvalue weighted by Gasteiger charge is -2.36. The number of hydrogen-bond donors (Lipinski definition) is 1. The number of rotatable bonds is 5. The summed E-state index contributed by atoms with van der Waals surface area (Å²) in [5.41, 5.74) is 0. The van der Waals surface area contributed by atoms with Crippen LogP contribution in [0.5, 0.6) is 0 Å². The highest BCUT2D eigenvalue weighted by atomic mass is 79.9. The molecule has 0 amide bonds. The minimum Gasteiger partial charge on any atom is -0.316 e. The number of thioether (sulfide) groups is 1. The van der Waals surface area contributed by atoms with Crippen LogP contribution < -0.4 is 5.32 Å². The Morgan fingerprint density at radius 1 is 1.25 bits per heavy atom. The predicted molar refractivity (Wildman–Crippen MR) is 93.4 cm³/mol. The molecular weight excluding hydrogens is 330 g/mol. The summed E-state index contributed by atoms with van der Waals surface area (Å²) in [6, 6.07) is 9.15. The maximum atomic E-state index is 3.64. The number of halogens is 1. The van der Waals surface area contributed by atoms with Crippen LogP contribution in [-0.2, 0) is 0 Å². The van der Waals surface area contributed by atoms with Gasteiger partial charge in [-0.2, -0.15) is 0 Å². The van der Waals surface area contributed by atoms with Gasteiger partial charge in [0.05, 0.1) is 0 Å². The lowest BCUT2D eigenvalue weighted by molar-refractivity contribution is 0.181. The largest absolute Gasteiger partial charge is 0.316 e. The van der Waals surface area contributed by atoms with Gasteiger partial charge in [0.1, 0.15) is 0 Å². The summed E-state index contributed by atoms with van der Waals surface area (Å²) < 4.78 is 1.21. The predicted octanol–water partition coefficient (Wildman–Crippen LogP) is 5.20. The zero-order valence-electron chi connectivity index (χ0n) is 12.7. The highest BCUT2D eigenvalue weighted by Gasteiger charge is 2.29. The van der Waals surface area contributed by atoms with Crippen molar-refractivity contribution in [1.82, 2.24) is 5.32 Å². The second-order valence-corrected chi connectivity index (χ2v) is 8.08. The average molecular weight is 356 g/mol. The van der Waals surface area contributed by atoms with Gasteiger partial charge in [-0.05, 0) is 65.7 Å². The van der Waals surface area contributed by atoms with E-state index in [0.29, 0.717) is 6.04 Å². The molecule has 1 aromatic rings. The first-order chi connectivity index (χ1) is 9.61. The van der Waals surface area contributed by atoms with Gasteiger partial charge in [0.2, 0.25) is 0 Å². The molecule has 0 radical (unpaired) electrons. The van der Waals surface area contributed by atoms with Gasteiger partial charge >= 0.3 is 0 Å². The summed E-state index contributed by atoms with van der Waals surface area (Å²) >= 11 is 5.61. The van der Waals surface area contributed by atoms with E-state index in [1.54, 1.807) is 0 Å². The highest BCUT2D eigenvalue weighted by molar-refractivity contribution is 9.10. The number of benzene rings is 1. The molecule has 20 heavy (non-hydrogen) atoms. The Labute approximate surface area is 136 Å². The lowest BCUT2D eigenvalue weighted by Crippen LogP contribution is -2.39. The second-order valence-electron chi connectivity index (χ2n) is 6.16. The third-order valence-corrected chi connectivity index (χ3v) is 6.98. The molecule has 0 aromatic heterocycles. The second kappa shape index (κ2) is 7.86. The van der Waals surface area contributed by atoms with E-state index in [9.17, 15) is 0 Å². The number of hydrogen-bond acceptors (Lipinski definition) is 2. The van der Waals surface area contributed by atoms with Crippen LogP contribution in [0.4, 0.5) is 0 Å². The summed E-state index contributed by atoms with van der Waals surface area (Å²) in [5.74, 6) is 3.77. The Morgan fingerprint density at radius 2 is 2.00 bits per heavy atom. The van der Waals surface area contributed by atoms with Crippen molar-refractivity contribution in [2.75, 3.05) is 12.8 Å². The molecule has 1 nitrogen and oxygen atoms in total. The van der Waals surface area contributed by atoms with Gasteiger partial charge in [0.25, 0.3) is 0 Å². The molecule has 112 valence electrons. The van der Waals surface area contributed by atoms with Crippen LogP contribution in [0.15, 0.2) is 33.6 Å². The van der Waals surface area contributed by atoms with Crippen molar-refractivity contribution in [1.29, 1.82) is 0 Å². The van der Waals surface area contributed by atoms with E-state index in [0.717, 1.165) is 23.5 Å². The third-order valence-electron chi connectivity index (χ3n) is 4.83. The van der Waals surface area contributed by atoms with Gasteiger partial charge in [-0.25, -0.2) is 0 Å². The van der Waals surface area contributed by atoms with Crippen LogP contribution in [-0.4, -0.2) is 18.8 Å². The topological polar surface area (TPSA) is 12.0 Å². The van der Waals surface area contributed by atoms with Gasteiger partial charge in [-0.3, -0.25) is 0 Å². The molecular formula is C17H26BrNS. The Balaban J connectivity index is 1.91. The van der Waals surface area contributed by atoms with Crippen LogP contribution >= 0.6 is 27.7 Å². The molecule has 1 N–H and O–H groups in total. The lowest BCUT2D eigenvalue weighted by atomic mass is 9.73. The van der Waals surface area contributed by atoms with Crippen molar-refractivity contribution in [3.8, 4) is 0 Å². The van der Waals surface area contributed by atoms with E-state index in [2.05, 4.69) is 66.4 Å². The first kappa shape index (κ1) is 16.4. The summed E-state index contributed by atoms with van der Waals surface area (Å²) in [5, 5.41) is 3.56. The average Bonchev–Trinajstić information content (AvgIpc) is 2.45. The van der Waals surface area contributed by atoms with E-state index in [4.69, 9.17) is 0 Å². The Hall–Kier alpha value is 0.01000. The molecule has 1 aromatic carbocycles. The van der Waals surface area contributed by atoms with E-state index in [-0.39, 0.29) is 0 Å². The van der Waals surface area contributed by atoms with Crippen molar-refractivity contribution in [2.24, 2.45) is 17.8 Å². The summed E-state index contributed by atoms with van der Waals surface area (Å²) in [6.07, 6.45) is 4.15. The van der Waals surface area contributed by atoms with Crippen LogP contribution in [0.2, 0.25) is 0 Å². The third kappa shape index (κ3) is 4.25. The monoisotopic (exact) mass is 355 g/mol. The van der Waals surface area contributed by atoms with Crippen molar-refractivity contribution >= 4 is 27.7 Å². The Morgan fingerprint density at radius 3 is 2.65 bits per heavy atom. The zero-order chi connectivity index (χ0) is 14.5. The highest BCUT2D eigenvalue weighted by Crippen LogP contribution is 2.37. The van der Waals surface area contributed by atoms with Gasteiger partial charge in [0.15, 0.2) is 0 Å². The standard InChI is InChI=1S/C17H26BrNS/c1-12-8-9-14(10-13(12)2)16(19-3)11-20-17-7-5-4-6-15(17)18/h4-7,12-14,16,19H,8-11H2,1-3H3. The SMILES string of the molecule is CNC(CSc1ccccc1Br)C1CCC(C)C(C)C1. The molecule has 3 heteroatoms. The maximum absolute atomic E-state index is 3.64. The molecule has 1 aliphatic rings. The maximum Gasteiger partial charge on any atom is 0.0311 e. The first-order valence-electron chi connectivity index (χ1n) is 7.66. The molecule has 4 unspecified atom stereocenters. The van der Waals surface area contributed by atoms with Crippen molar-refractivity contribution in [3.63, 3.8) is 0 Å². The molecule has 0 spiro atoms. The smallest absolute Gasteiger partial charge is 0.0311 e. The van der Waals surface area contributed by atoms with Crippen LogP contribution in [0.1, 0.15) is 33.1 Å². The van der Waals surface area contributed by atoms with Gasteiger partial charge in [-0.1, -0.05) is 32.4 Å². The Kier molecular flexibility index (Phi) is 6.44. The van der Waals surface area contributed by atoms with Crippen LogP contribution in [0, 0.1) is 17.8 Å². The summed E-state index contributed by atoms with van der Waals surface area (Å²) in [6.45, 7) is 4.83. The fraction of sp³-hybridized carbons (Fsp3) is 0.647. The van der Waals surface area contributed by atoms with Crippen molar-refractivity contribution in [3.05, 3.63) is 28.7 Å². The molecule has 1 aliphatic carbocycles. The van der Waals surface area contributed by atoms with Gasteiger partial charge in [-0.15, -0.1) is 11.8 Å². The van der Waals surface area contributed by atoms with Gasteiger partial charge in [0, 0.05) is 21.2 Å². The molecule has 2 rings (SSSR count). The molecule has 0 heterocycles. The quantitative estimate of drug-likeness (QED) is 0.728. The molecule has 1 fully saturated rings. The number of nitrogens with one attached hydrogen (secondary N) is 1. The Bertz CT molecular complexity index is 423. The molecule has 0 bridgehead atoms. The minimum atomic E-state index is 0.627. The minimum absolute atomic E-state index is 0.627. The van der Waals surface area contributed by atoms with Crippen LogP contribution in [0.3, 0.4) is 0 Å². The first-order valence-corrected chi connectivity index (χ1v) is 9.44. The van der Waals surface area contributed by atoms with Crippen molar-refractivity contribution < 1.29 is 0 Å². The normalized spacial score (nSPS) is 28.3. The van der Waals surface area contributed by atoms with E-state index in [1.165, 1.54) is 28.6 Å². The fourth-order valence-corrected chi connectivity index (χ4v) is 4.96. The van der Waals surface area contributed by atoms with E-state index >= 15 is 0 Å². The summed E-state index contributed by atoms with van der Waals surface area (Å²) in [7, 11) is 2.12. The zero-order valence-corrected chi connectivity index (χ0v) is 15.1.